The van der Waals surface area contributed by atoms with Crippen LogP contribution in [0.5, 0.6) is 5.75 Å². The van der Waals surface area contributed by atoms with Gasteiger partial charge in [-0.1, -0.05) is 125 Å². The summed E-state index contributed by atoms with van der Waals surface area (Å²) < 4.78 is 0. The Kier molecular flexibility index (Phi) is 40.1. The van der Waals surface area contributed by atoms with E-state index in [0.29, 0.717) is 23.2 Å². The quantitative estimate of drug-likeness (QED) is 0.0107. The fraction of sp³-hybridized carbons (Fsp3) is 0.542. The van der Waals surface area contributed by atoms with Crippen LogP contribution in [0.15, 0.2) is 92.2 Å². The molecule has 43 heteroatoms. The van der Waals surface area contributed by atoms with Crippen molar-refractivity contribution in [3.63, 3.8) is 0 Å². The van der Waals surface area contributed by atoms with Crippen LogP contribution in [0.3, 0.4) is 0 Å². The number of rotatable bonds is 52. The number of imidazole rings is 3. The maximum Gasteiger partial charge on any atom is 0.326 e. The van der Waals surface area contributed by atoms with Crippen LogP contribution in [-0.2, 0) is 109 Å². The Morgan fingerprint density at radius 1 is 0.476 bits per heavy atom. The number of carbonyl (C=O) groups is 16. The summed E-state index contributed by atoms with van der Waals surface area (Å²) >= 11 is 0. The van der Waals surface area contributed by atoms with E-state index >= 15 is 24.0 Å². The molecule has 0 unspecified atom stereocenters. The van der Waals surface area contributed by atoms with Gasteiger partial charge in [-0.05, 0) is 85.0 Å². The minimum absolute atomic E-state index is 0.0233. The van der Waals surface area contributed by atoms with Gasteiger partial charge in [0.2, 0.25) is 82.7 Å². The number of guanidine groups is 1. The minimum atomic E-state index is -1.76. The molecule has 0 radical (unpaired) electrons. The van der Waals surface area contributed by atoms with Crippen molar-refractivity contribution in [3.8, 4) is 5.75 Å². The van der Waals surface area contributed by atoms with Crippen LogP contribution in [0.4, 0.5) is 0 Å². The summed E-state index contributed by atoms with van der Waals surface area (Å²) in [5, 5.41) is 71.5. The molecule has 1 aliphatic rings. The number of amides is 14. The first-order valence-corrected chi connectivity index (χ1v) is 41.9. The molecule has 3 aromatic heterocycles. The van der Waals surface area contributed by atoms with Crippen molar-refractivity contribution in [1.29, 1.82) is 5.41 Å². The topological polar surface area (TPSA) is 681 Å². The molecule has 26 N–H and O–H groups in total. The Hall–Kier alpha value is -13.4. The number of benzene rings is 2. The molecule has 43 nitrogen and oxygen atoms in total. The average molecular weight is 1760 g/mol. The number of nitrogens with two attached hydrogens (primary N) is 3. The second-order valence-electron chi connectivity index (χ2n) is 32.6. The monoisotopic (exact) mass is 1760 g/mol. The van der Waals surface area contributed by atoms with E-state index in [4.69, 9.17) is 22.6 Å². The second-order valence-corrected chi connectivity index (χ2v) is 32.6. The molecule has 0 bridgehead atoms. The highest BCUT2D eigenvalue weighted by Crippen LogP contribution is 2.23. The van der Waals surface area contributed by atoms with E-state index in [1.807, 2.05) is 0 Å². The number of hydrogen-bond acceptors (Lipinski definition) is 22. The SMILES string of the molecule is CC[C@H](C)[C@H](NC(=O)[C@H](Cc1ccc(O)cc1)NC(=O)[C@@H](NC(=O)[C@H](CCCNC(=N)N)NC(=O)[C@@H](N)CC(=O)O)C(C)C)C(=O)N[C@@H](Cc1c[nH]cn1)C(=O)N1CCC[C@H]1C(=O)N[C@@H](Cc1ccccc1)C(=O)N[C@H](Cc1c[nH]cn1)C(=O)N[C@@H](CC(C)C)C(=O)N[C@H](C(=O)N[C@H](C(=O)N[C@@H](Cc1c[nH]cn1)C(=O)N[C@@H](CC(N)=O)C(=O)O)[C@@H](C)CC)C(C)C. The van der Waals surface area contributed by atoms with Crippen molar-refractivity contribution in [2.45, 2.75) is 244 Å². The third-order valence-corrected chi connectivity index (χ3v) is 21.3. The summed E-state index contributed by atoms with van der Waals surface area (Å²) in [6.07, 6.45) is 6.51. The molecule has 1 saturated heterocycles. The van der Waals surface area contributed by atoms with Gasteiger partial charge in [0.25, 0.3) is 0 Å². The van der Waals surface area contributed by atoms with E-state index in [0.717, 1.165) is 0 Å². The largest absolute Gasteiger partial charge is 0.508 e. The van der Waals surface area contributed by atoms with Gasteiger partial charge in [-0.3, -0.25) is 77.3 Å². The molecule has 14 amide bonds. The van der Waals surface area contributed by atoms with Gasteiger partial charge in [-0.2, -0.15) is 0 Å². The summed E-state index contributed by atoms with van der Waals surface area (Å²) in [6, 6.07) is -6.32. The van der Waals surface area contributed by atoms with Crippen LogP contribution in [0, 0.1) is 35.0 Å². The number of hydrogen-bond donors (Lipinski definition) is 23. The molecule has 0 aliphatic carbocycles. The molecule has 688 valence electrons. The smallest absolute Gasteiger partial charge is 0.326 e. The normalized spacial score (nSPS) is 16.1. The van der Waals surface area contributed by atoms with Crippen LogP contribution in [-0.4, -0.2) is 248 Å². The molecule has 5 aromatic rings. The third-order valence-electron chi connectivity index (χ3n) is 21.3. The Morgan fingerprint density at radius 3 is 1.33 bits per heavy atom. The Morgan fingerprint density at radius 2 is 0.873 bits per heavy atom. The molecular weight excluding hydrogens is 1640 g/mol. The zero-order valence-electron chi connectivity index (χ0n) is 72.3. The molecular formula is C83H122N24O19. The standard InChI is InChI=1S/C83H122N24O19/c1-11-45(9)67(105-75(118)57(30-48-22-24-52(108)25-23-48)99-77(120)65(43(5)6)103-70(113)54(20-16-26-91-83(86)87)95-69(112)53(84)34-64(110)111)80(123)101-60(33-51-38-90-41-94-51)81(124)107-27-17-21-62(107)76(119)98-56(29-47-18-14-13-15-19-47)71(114)97-58(31-49-36-88-39-92-49)72(115)96-55(28-42(3)4)74(117)104-66(44(7)8)78(121)106-68(46(10)12-2)79(122)100-59(32-50-37-89-40-93-50)73(116)102-61(82(125)126)35-63(85)109/h13-15,18-19,22-25,36-46,53-62,65-68,108H,11-12,16-17,20-21,26-35,84H2,1-10H3,(H2,85,109)(H,88,92)(H,89,93)(H,90,94)(H,95,112)(H,96,115)(H,97,114)(H,98,119)(H,99,120)(H,100,122)(H,101,123)(H,102,116)(H,103,113)(H,104,117)(H,105,118)(H,106,121)(H,110,111)(H,125,126)(H4,86,87,91)/t45-,46-,53-,54-,55-,56-,57-,58+,59-,60-,61-,62-,65-,66-,67-,68-/m0/s1. The number of H-pyrrole nitrogens is 3. The fourth-order valence-electron chi connectivity index (χ4n) is 13.9. The first-order valence-electron chi connectivity index (χ1n) is 41.9. The number of likely N-dealkylation sites (tertiary alicyclic amines) is 1. The van der Waals surface area contributed by atoms with Gasteiger partial charge >= 0.3 is 11.9 Å². The van der Waals surface area contributed by atoms with E-state index in [1.54, 1.807) is 99.6 Å². The highest BCUT2D eigenvalue weighted by Gasteiger charge is 2.44. The lowest BCUT2D eigenvalue weighted by Gasteiger charge is -2.32. The van der Waals surface area contributed by atoms with Crippen LogP contribution in [0.25, 0.3) is 0 Å². The van der Waals surface area contributed by atoms with Gasteiger partial charge in [-0.25, -0.2) is 19.7 Å². The zero-order chi connectivity index (χ0) is 93.2. The number of phenolic OH excluding ortho intramolecular Hbond substituents is 1. The van der Waals surface area contributed by atoms with E-state index in [-0.39, 0.29) is 113 Å². The fourth-order valence-corrected chi connectivity index (χ4v) is 13.9. The first-order chi connectivity index (χ1) is 59.7. The summed E-state index contributed by atoms with van der Waals surface area (Å²) in [6.45, 7) is 16.8. The number of aromatic amines is 3. The van der Waals surface area contributed by atoms with Crippen molar-refractivity contribution in [1.82, 2.24) is 104 Å². The van der Waals surface area contributed by atoms with Crippen LogP contribution >= 0.6 is 0 Å². The van der Waals surface area contributed by atoms with Gasteiger partial charge in [-0.15, -0.1) is 0 Å². The van der Waals surface area contributed by atoms with Crippen LogP contribution in [0.2, 0.25) is 0 Å². The second kappa shape index (κ2) is 49.8. The van der Waals surface area contributed by atoms with Crippen LogP contribution < -0.4 is 86.3 Å². The molecule has 1 aliphatic heterocycles. The van der Waals surface area contributed by atoms with Gasteiger partial charge in [0, 0.05) is 63.8 Å². The Balaban J connectivity index is 1.24. The van der Waals surface area contributed by atoms with Gasteiger partial charge < -0.3 is 121 Å². The third kappa shape index (κ3) is 32.4. The average Bonchev–Trinajstić information content (AvgIpc) is 1.56. The van der Waals surface area contributed by atoms with Crippen LogP contribution in [0.1, 0.15) is 155 Å². The van der Waals surface area contributed by atoms with E-state index in [1.165, 1.54) is 66.7 Å². The molecule has 0 saturated carbocycles. The number of aromatic nitrogens is 6. The highest BCUT2D eigenvalue weighted by atomic mass is 16.4. The Bertz CT molecular complexity index is 4500. The maximum atomic E-state index is 15.4. The Labute approximate surface area is 728 Å². The van der Waals surface area contributed by atoms with Crippen molar-refractivity contribution in [3.05, 3.63) is 120 Å². The predicted octanol–water partition coefficient (Wildman–Crippen LogP) is -2.64. The summed E-state index contributed by atoms with van der Waals surface area (Å²) in [7, 11) is 0. The number of primary amides is 1. The summed E-state index contributed by atoms with van der Waals surface area (Å²) in [4.78, 5) is 248. The lowest BCUT2D eigenvalue weighted by molar-refractivity contribution is -0.144. The number of phenols is 1. The van der Waals surface area contributed by atoms with Crippen molar-refractivity contribution in [2.24, 2.45) is 46.8 Å². The van der Waals surface area contributed by atoms with Crippen molar-refractivity contribution < 1.29 is 92.0 Å². The minimum Gasteiger partial charge on any atom is -0.508 e. The molecule has 2 aromatic carbocycles. The number of nitrogens with zero attached hydrogens (tertiary/aromatic N) is 4. The van der Waals surface area contributed by atoms with Gasteiger partial charge in [0.1, 0.15) is 84.3 Å². The van der Waals surface area contributed by atoms with Crippen molar-refractivity contribution in [2.75, 3.05) is 13.1 Å². The number of aromatic hydroxyl groups is 1. The molecule has 16 atom stereocenters. The maximum absolute atomic E-state index is 15.4. The van der Waals surface area contributed by atoms with Gasteiger partial charge in [0.05, 0.1) is 54.9 Å². The lowest BCUT2D eigenvalue weighted by Crippen LogP contribution is -2.62. The molecule has 6 rings (SSSR count). The van der Waals surface area contributed by atoms with Crippen molar-refractivity contribution >= 4 is 101 Å². The molecule has 1 fully saturated rings. The first kappa shape index (κ1) is 101. The zero-order valence-corrected chi connectivity index (χ0v) is 72.3. The number of aliphatic carboxylic acids is 2. The number of carboxylic acids is 2. The van der Waals surface area contributed by atoms with E-state index in [2.05, 4.69) is 99.0 Å². The van der Waals surface area contributed by atoms with Gasteiger partial charge in [0.15, 0.2) is 5.96 Å². The number of carbonyl (C=O) groups excluding carboxylic acids is 14. The van der Waals surface area contributed by atoms with E-state index < -0.39 is 216 Å². The molecule has 4 heterocycles. The predicted molar refractivity (Wildman–Crippen MR) is 456 cm³/mol. The molecule has 0 spiro atoms. The number of carboxylic acid groups (broad SMARTS) is 2. The molecule has 126 heavy (non-hydrogen) atoms. The lowest BCUT2D eigenvalue weighted by atomic mass is 9.95. The number of nitrogens with one attached hydrogen (secondary N) is 17. The highest BCUT2D eigenvalue weighted by molar-refractivity contribution is 6.01. The summed E-state index contributed by atoms with van der Waals surface area (Å²) in [5.41, 5.74) is 18.4. The van der Waals surface area contributed by atoms with E-state index in [9.17, 15) is 68.1 Å². The summed E-state index contributed by atoms with van der Waals surface area (Å²) in [5.74, 6) is -18.9.